The molecule has 13 heteroatoms. The molecule has 206 valence electrons. The molecule has 0 bridgehead atoms. The molecule has 0 saturated heterocycles. The van der Waals surface area contributed by atoms with E-state index in [0.29, 0.717) is 37.1 Å². The molecule has 4 atom stereocenters. The maximum atomic E-state index is 13.2. The maximum Gasteiger partial charge on any atom is 0.326 e. The number of benzene rings is 1. The van der Waals surface area contributed by atoms with Gasteiger partial charge in [-0.1, -0.05) is 36.8 Å². The van der Waals surface area contributed by atoms with Crippen LogP contribution in [-0.2, 0) is 30.4 Å². The largest absolute Gasteiger partial charge is 0.481 e. The number of carboxylic acid groups (broad SMARTS) is 2. The fourth-order valence-corrected chi connectivity index (χ4v) is 3.87. The minimum Gasteiger partial charge on any atom is -0.481 e. The number of hydrogen-bond acceptors (Lipinski definition) is 8. The summed E-state index contributed by atoms with van der Waals surface area (Å²) in [6.45, 7) is 0.479. The fourth-order valence-electron chi connectivity index (χ4n) is 3.40. The third-order valence-corrected chi connectivity index (χ3v) is 6.10. The molecule has 0 heterocycles. The van der Waals surface area contributed by atoms with Crippen LogP contribution in [0.25, 0.3) is 0 Å². The number of carbonyl (C=O) groups excluding carboxylic acids is 3. The van der Waals surface area contributed by atoms with Gasteiger partial charge in [0.05, 0.1) is 12.5 Å². The van der Waals surface area contributed by atoms with Gasteiger partial charge in [-0.2, -0.15) is 11.8 Å². The van der Waals surface area contributed by atoms with Gasteiger partial charge < -0.3 is 37.6 Å². The lowest BCUT2D eigenvalue weighted by molar-refractivity contribution is -0.147. The van der Waals surface area contributed by atoms with Gasteiger partial charge in [-0.05, 0) is 43.4 Å². The summed E-state index contributed by atoms with van der Waals surface area (Å²) in [4.78, 5) is 61.2. The summed E-state index contributed by atoms with van der Waals surface area (Å²) < 4.78 is 0. The number of nitrogens with two attached hydrogens (primary N) is 2. The molecule has 9 N–H and O–H groups in total. The Hall–Kier alpha value is -3.16. The zero-order valence-corrected chi connectivity index (χ0v) is 21.7. The zero-order valence-electron chi connectivity index (χ0n) is 20.9. The molecule has 0 fully saturated rings. The molecule has 0 saturated carbocycles. The third-order valence-electron chi connectivity index (χ3n) is 5.46. The van der Waals surface area contributed by atoms with E-state index in [2.05, 4.69) is 16.0 Å². The highest BCUT2D eigenvalue weighted by Gasteiger charge is 2.31. The Labute approximate surface area is 220 Å². The van der Waals surface area contributed by atoms with Crippen LogP contribution in [0.4, 0.5) is 0 Å². The number of unbranched alkanes of at least 4 members (excludes halogenated alkanes) is 1. The second-order valence-corrected chi connectivity index (χ2v) is 9.47. The van der Waals surface area contributed by atoms with Gasteiger partial charge in [-0.3, -0.25) is 19.2 Å². The molecule has 0 radical (unpaired) electrons. The van der Waals surface area contributed by atoms with Crippen molar-refractivity contribution in [3.05, 3.63) is 35.9 Å². The molecule has 0 spiro atoms. The van der Waals surface area contributed by atoms with Crippen LogP contribution >= 0.6 is 11.8 Å². The summed E-state index contributed by atoms with van der Waals surface area (Å²) in [7, 11) is 0. The minimum atomic E-state index is -1.68. The number of carboxylic acids is 2. The number of carbonyl (C=O) groups is 5. The van der Waals surface area contributed by atoms with Crippen molar-refractivity contribution in [3.63, 3.8) is 0 Å². The first-order valence-electron chi connectivity index (χ1n) is 11.9. The standard InChI is InChI=1S/C24H37N5O7S/c1-37-12-10-17(27-21(32)16(26)9-5-6-11-25)22(33)28-18(13-15-7-3-2-4-8-15)23(34)29-19(24(35)36)14-20(30)31/h2-4,7-8,16-19H,5-6,9-14,25-26H2,1H3,(H,27,32)(H,28,33)(H,29,34)(H,30,31)(H,35,36). The van der Waals surface area contributed by atoms with Crippen LogP contribution in [0.15, 0.2) is 30.3 Å². The number of thioether (sulfide) groups is 1. The second-order valence-electron chi connectivity index (χ2n) is 8.48. The Bertz CT molecular complexity index is 903. The summed E-state index contributed by atoms with van der Waals surface area (Å²) in [5.74, 6) is -4.39. The smallest absolute Gasteiger partial charge is 0.326 e. The average Bonchev–Trinajstić information content (AvgIpc) is 2.85. The molecule has 1 aromatic carbocycles. The Morgan fingerprint density at radius 2 is 1.46 bits per heavy atom. The van der Waals surface area contributed by atoms with Gasteiger partial charge in [0.2, 0.25) is 17.7 Å². The number of hydrogen-bond donors (Lipinski definition) is 7. The van der Waals surface area contributed by atoms with E-state index >= 15 is 0 Å². The van der Waals surface area contributed by atoms with E-state index in [1.165, 1.54) is 11.8 Å². The van der Waals surface area contributed by atoms with Gasteiger partial charge >= 0.3 is 11.9 Å². The van der Waals surface area contributed by atoms with Crippen LogP contribution in [0.5, 0.6) is 0 Å². The van der Waals surface area contributed by atoms with Gasteiger partial charge in [0.1, 0.15) is 18.1 Å². The van der Waals surface area contributed by atoms with E-state index in [-0.39, 0.29) is 12.8 Å². The molecule has 0 aliphatic carbocycles. The average molecular weight is 540 g/mol. The minimum absolute atomic E-state index is 0.0135. The molecule has 12 nitrogen and oxygen atoms in total. The first-order chi connectivity index (χ1) is 17.6. The van der Waals surface area contributed by atoms with Crippen molar-refractivity contribution in [1.29, 1.82) is 0 Å². The summed E-state index contributed by atoms with van der Waals surface area (Å²) >= 11 is 1.47. The summed E-state index contributed by atoms with van der Waals surface area (Å²) in [5.41, 5.74) is 12.1. The van der Waals surface area contributed by atoms with E-state index in [0.717, 1.165) is 0 Å². The first kappa shape index (κ1) is 31.9. The molecule has 0 aromatic heterocycles. The maximum absolute atomic E-state index is 13.2. The van der Waals surface area contributed by atoms with Crippen molar-refractivity contribution in [1.82, 2.24) is 16.0 Å². The van der Waals surface area contributed by atoms with E-state index < -0.39 is 60.2 Å². The Morgan fingerprint density at radius 3 is 2.03 bits per heavy atom. The molecule has 0 aliphatic heterocycles. The van der Waals surface area contributed by atoms with Crippen LogP contribution in [0, 0.1) is 0 Å². The highest BCUT2D eigenvalue weighted by atomic mass is 32.2. The first-order valence-corrected chi connectivity index (χ1v) is 13.3. The number of amides is 3. The van der Waals surface area contributed by atoms with Crippen LogP contribution in [0.1, 0.15) is 37.7 Å². The summed E-state index contributed by atoms with van der Waals surface area (Å²) in [5, 5.41) is 25.7. The van der Waals surface area contributed by atoms with Gasteiger partial charge in [-0.25, -0.2) is 4.79 Å². The van der Waals surface area contributed by atoms with Crippen LogP contribution in [0.3, 0.4) is 0 Å². The number of rotatable bonds is 18. The highest BCUT2D eigenvalue weighted by Crippen LogP contribution is 2.08. The lowest BCUT2D eigenvalue weighted by atomic mass is 10.0. The second kappa shape index (κ2) is 17.3. The van der Waals surface area contributed by atoms with E-state index in [1.54, 1.807) is 30.3 Å². The fraction of sp³-hybridized carbons (Fsp3) is 0.542. The Kier molecular flexibility index (Phi) is 14.9. The summed E-state index contributed by atoms with van der Waals surface area (Å²) in [6.07, 6.45) is 3.07. The van der Waals surface area contributed by atoms with Crippen LogP contribution < -0.4 is 27.4 Å². The molecule has 4 unspecified atom stereocenters. The van der Waals surface area contributed by atoms with Gasteiger partial charge in [-0.15, -0.1) is 0 Å². The van der Waals surface area contributed by atoms with E-state index in [1.807, 2.05) is 6.26 Å². The van der Waals surface area contributed by atoms with Crippen molar-refractivity contribution in [2.75, 3.05) is 18.6 Å². The molecule has 0 aliphatic rings. The van der Waals surface area contributed by atoms with E-state index in [4.69, 9.17) is 16.6 Å². The van der Waals surface area contributed by atoms with Gasteiger partial charge in [0.15, 0.2) is 0 Å². The predicted molar refractivity (Wildman–Crippen MR) is 140 cm³/mol. The predicted octanol–water partition coefficient (Wildman–Crippen LogP) is -0.548. The van der Waals surface area contributed by atoms with Crippen molar-refractivity contribution in [2.45, 2.75) is 62.7 Å². The lowest BCUT2D eigenvalue weighted by Gasteiger charge is -2.25. The molecule has 1 aromatic rings. The monoisotopic (exact) mass is 539 g/mol. The van der Waals surface area contributed by atoms with E-state index in [9.17, 15) is 29.1 Å². The van der Waals surface area contributed by atoms with Gasteiger partial charge in [0, 0.05) is 6.42 Å². The van der Waals surface area contributed by atoms with Crippen molar-refractivity contribution in [3.8, 4) is 0 Å². The molecule has 3 amide bonds. The Morgan fingerprint density at radius 1 is 0.865 bits per heavy atom. The normalized spacial score (nSPS) is 14.0. The molecular formula is C24H37N5O7S. The zero-order chi connectivity index (χ0) is 27.8. The van der Waals surface area contributed by atoms with Crippen LogP contribution in [0.2, 0.25) is 0 Å². The lowest BCUT2D eigenvalue weighted by Crippen LogP contribution is -2.57. The highest BCUT2D eigenvalue weighted by molar-refractivity contribution is 7.98. The van der Waals surface area contributed by atoms with Crippen molar-refractivity contribution in [2.24, 2.45) is 11.5 Å². The molecule has 37 heavy (non-hydrogen) atoms. The van der Waals surface area contributed by atoms with Crippen molar-refractivity contribution < 1.29 is 34.2 Å². The number of aliphatic carboxylic acids is 2. The summed E-state index contributed by atoms with van der Waals surface area (Å²) in [6, 6.07) is 3.99. The molecule has 1 rings (SSSR count). The van der Waals surface area contributed by atoms with Gasteiger partial charge in [0.25, 0.3) is 0 Å². The third kappa shape index (κ3) is 12.6. The topological polar surface area (TPSA) is 214 Å². The van der Waals surface area contributed by atoms with Crippen molar-refractivity contribution >= 4 is 41.4 Å². The van der Waals surface area contributed by atoms with Crippen LogP contribution in [-0.4, -0.2) is 82.6 Å². The quantitative estimate of drug-likeness (QED) is 0.118. The number of nitrogens with one attached hydrogen (secondary N) is 3. The Balaban J connectivity index is 3.05. The molecular weight excluding hydrogens is 502 g/mol. The SMILES string of the molecule is CSCCC(NC(=O)C(N)CCCCN)C(=O)NC(Cc1ccccc1)C(=O)NC(CC(=O)O)C(=O)O.